The van der Waals surface area contributed by atoms with Gasteiger partial charge >= 0.3 is 0 Å². The first-order valence-corrected chi connectivity index (χ1v) is 6.26. The van der Waals surface area contributed by atoms with E-state index in [-0.39, 0.29) is 0 Å². The van der Waals surface area contributed by atoms with E-state index >= 15 is 0 Å². The van der Waals surface area contributed by atoms with Crippen LogP contribution in [-0.2, 0) is 0 Å². The standard InChI is InChI=1S/C11H16N2S/c1-9-4-5-12-7-11(9)13-10-3-2-6-14-8-10/h4-5,7,10,13H,2-3,6,8H2,1H3. The molecule has 76 valence electrons. The number of nitrogens with zero attached hydrogens (tertiary/aromatic N) is 1. The topological polar surface area (TPSA) is 24.9 Å². The highest BCUT2D eigenvalue weighted by Crippen LogP contribution is 2.21. The first-order valence-electron chi connectivity index (χ1n) is 5.11. The van der Waals surface area contributed by atoms with Crippen molar-refractivity contribution in [3.8, 4) is 0 Å². The Morgan fingerprint density at radius 3 is 3.21 bits per heavy atom. The van der Waals surface area contributed by atoms with Gasteiger partial charge in [-0.25, -0.2) is 0 Å². The van der Waals surface area contributed by atoms with Gasteiger partial charge in [-0.1, -0.05) is 0 Å². The first-order chi connectivity index (χ1) is 6.86. The van der Waals surface area contributed by atoms with E-state index in [1.807, 2.05) is 24.2 Å². The Morgan fingerprint density at radius 1 is 1.57 bits per heavy atom. The van der Waals surface area contributed by atoms with Crippen LogP contribution in [-0.4, -0.2) is 22.5 Å². The quantitative estimate of drug-likeness (QED) is 0.809. The molecular weight excluding hydrogens is 192 g/mol. The minimum atomic E-state index is 0.636. The number of aromatic nitrogens is 1. The van der Waals surface area contributed by atoms with Crippen molar-refractivity contribution in [1.82, 2.24) is 4.98 Å². The number of thioether (sulfide) groups is 1. The molecule has 1 aliphatic rings. The molecule has 0 saturated carbocycles. The van der Waals surface area contributed by atoms with E-state index in [2.05, 4.69) is 23.3 Å². The summed E-state index contributed by atoms with van der Waals surface area (Å²) in [7, 11) is 0. The molecule has 1 fully saturated rings. The second-order valence-electron chi connectivity index (χ2n) is 3.75. The van der Waals surface area contributed by atoms with Crippen LogP contribution in [0.4, 0.5) is 5.69 Å². The van der Waals surface area contributed by atoms with E-state index in [9.17, 15) is 0 Å². The highest BCUT2D eigenvalue weighted by molar-refractivity contribution is 7.99. The molecule has 3 heteroatoms. The fourth-order valence-corrected chi connectivity index (χ4v) is 2.76. The van der Waals surface area contributed by atoms with Crippen molar-refractivity contribution in [2.24, 2.45) is 0 Å². The predicted octanol–water partition coefficient (Wildman–Crippen LogP) is 2.70. The Bertz CT molecular complexity index is 295. The van der Waals surface area contributed by atoms with Gasteiger partial charge in [0.1, 0.15) is 0 Å². The largest absolute Gasteiger partial charge is 0.380 e. The molecule has 2 rings (SSSR count). The lowest BCUT2D eigenvalue weighted by Gasteiger charge is -2.24. The van der Waals surface area contributed by atoms with Crippen LogP contribution in [0.15, 0.2) is 18.5 Å². The zero-order chi connectivity index (χ0) is 9.80. The van der Waals surface area contributed by atoms with Crippen LogP contribution in [0.5, 0.6) is 0 Å². The van der Waals surface area contributed by atoms with E-state index in [1.165, 1.54) is 35.6 Å². The van der Waals surface area contributed by atoms with E-state index in [4.69, 9.17) is 0 Å². The second kappa shape index (κ2) is 4.69. The molecule has 0 spiro atoms. The van der Waals surface area contributed by atoms with E-state index in [0.29, 0.717) is 6.04 Å². The zero-order valence-corrected chi connectivity index (χ0v) is 9.31. The summed E-state index contributed by atoms with van der Waals surface area (Å²) in [6, 6.07) is 2.69. The van der Waals surface area contributed by atoms with Crippen molar-refractivity contribution >= 4 is 17.4 Å². The summed E-state index contributed by atoms with van der Waals surface area (Å²) in [6.45, 7) is 2.12. The monoisotopic (exact) mass is 208 g/mol. The van der Waals surface area contributed by atoms with Crippen LogP contribution >= 0.6 is 11.8 Å². The maximum atomic E-state index is 4.14. The fourth-order valence-electron chi connectivity index (χ4n) is 1.69. The minimum absolute atomic E-state index is 0.636. The molecule has 0 radical (unpaired) electrons. The van der Waals surface area contributed by atoms with Crippen LogP contribution in [0.25, 0.3) is 0 Å². The molecule has 0 aromatic carbocycles. The lowest BCUT2D eigenvalue weighted by Crippen LogP contribution is -2.26. The van der Waals surface area contributed by atoms with E-state index in [1.54, 1.807) is 0 Å². The third-order valence-electron chi connectivity index (χ3n) is 2.56. The Hall–Kier alpha value is -0.700. The Kier molecular flexibility index (Phi) is 3.30. The maximum Gasteiger partial charge on any atom is 0.0558 e. The lowest BCUT2D eigenvalue weighted by atomic mass is 10.1. The number of rotatable bonds is 2. The second-order valence-corrected chi connectivity index (χ2v) is 4.90. The van der Waals surface area contributed by atoms with Gasteiger partial charge in [0, 0.05) is 18.0 Å². The van der Waals surface area contributed by atoms with Gasteiger partial charge in [0.15, 0.2) is 0 Å². The Labute approximate surface area is 89.5 Å². The zero-order valence-electron chi connectivity index (χ0n) is 8.49. The average molecular weight is 208 g/mol. The smallest absolute Gasteiger partial charge is 0.0558 e. The molecule has 1 aliphatic heterocycles. The summed E-state index contributed by atoms with van der Waals surface area (Å²) in [5, 5.41) is 3.57. The molecule has 2 heterocycles. The number of hydrogen-bond acceptors (Lipinski definition) is 3. The molecule has 14 heavy (non-hydrogen) atoms. The molecule has 1 unspecified atom stereocenters. The van der Waals surface area contributed by atoms with Crippen LogP contribution in [0, 0.1) is 6.92 Å². The molecule has 1 aromatic rings. The summed E-state index contributed by atoms with van der Waals surface area (Å²) < 4.78 is 0. The van der Waals surface area contributed by atoms with Gasteiger partial charge in [-0.3, -0.25) is 4.98 Å². The summed E-state index contributed by atoms with van der Waals surface area (Å²) in [5.74, 6) is 2.55. The number of nitrogens with one attached hydrogen (secondary N) is 1. The number of aryl methyl sites for hydroxylation is 1. The van der Waals surface area contributed by atoms with Crippen LogP contribution in [0.2, 0.25) is 0 Å². The van der Waals surface area contributed by atoms with Crippen LogP contribution in [0.1, 0.15) is 18.4 Å². The van der Waals surface area contributed by atoms with Crippen molar-refractivity contribution < 1.29 is 0 Å². The average Bonchev–Trinajstić information content (AvgIpc) is 2.23. The maximum absolute atomic E-state index is 4.14. The lowest BCUT2D eigenvalue weighted by molar-refractivity contribution is 0.684. The Balaban J connectivity index is 1.99. The molecule has 1 aromatic heterocycles. The van der Waals surface area contributed by atoms with Crippen molar-refractivity contribution in [3.05, 3.63) is 24.0 Å². The molecule has 1 atom stereocenters. The Morgan fingerprint density at radius 2 is 2.50 bits per heavy atom. The number of anilines is 1. The van der Waals surface area contributed by atoms with Crippen LogP contribution in [0.3, 0.4) is 0 Å². The summed E-state index contributed by atoms with van der Waals surface area (Å²) >= 11 is 2.05. The van der Waals surface area contributed by atoms with Gasteiger partial charge in [0.2, 0.25) is 0 Å². The minimum Gasteiger partial charge on any atom is -0.380 e. The molecule has 0 bridgehead atoms. The van der Waals surface area contributed by atoms with E-state index < -0.39 is 0 Å². The normalized spacial score (nSPS) is 21.9. The van der Waals surface area contributed by atoms with Crippen molar-refractivity contribution in [2.75, 3.05) is 16.8 Å². The van der Waals surface area contributed by atoms with Gasteiger partial charge in [-0.2, -0.15) is 11.8 Å². The third-order valence-corrected chi connectivity index (χ3v) is 3.77. The van der Waals surface area contributed by atoms with Gasteiger partial charge in [-0.05, 0) is 37.1 Å². The van der Waals surface area contributed by atoms with Crippen molar-refractivity contribution in [1.29, 1.82) is 0 Å². The molecule has 0 aliphatic carbocycles. The summed E-state index contributed by atoms with van der Waals surface area (Å²) in [5.41, 5.74) is 2.48. The predicted molar refractivity (Wildman–Crippen MR) is 62.9 cm³/mol. The van der Waals surface area contributed by atoms with Crippen molar-refractivity contribution in [3.63, 3.8) is 0 Å². The van der Waals surface area contributed by atoms with Gasteiger partial charge in [-0.15, -0.1) is 0 Å². The number of hydrogen-bond donors (Lipinski definition) is 1. The SMILES string of the molecule is Cc1ccncc1NC1CCCSC1. The molecular formula is C11H16N2S. The molecule has 2 nitrogen and oxygen atoms in total. The fraction of sp³-hybridized carbons (Fsp3) is 0.545. The van der Waals surface area contributed by atoms with Gasteiger partial charge < -0.3 is 5.32 Å². The van der Waals surface area contributed by atoms with Crippen molar-refractivity contribution in [2.45, 2.75) is 25.8 Å². The number of pyridine rings is 1. The van der Waals surface area contributed by atoms with Gasteiger partial charge in [0.05, 0.1) is 11.9 Å². The molecule has 0 amide bonds. The first kappa shape index (κ1) is 9.84. The summed E-state index contributed by atoms with van der Waals surface area (Å²) in [6.07, 6.45) is 6.40. The molecule has 1 N–H and O–H groups in total. The third kappa shape index (κ3) is 2.41. The summed E-state index contributed by atoms with van der Waals surface area (Å²) in [4.78, 5) is 4.14. The van der Waals surface area contributed by atoms with Crippen LogP contribution < -0.4 is 5.32 Å². The molecule has 1 saturated heterocycles. The van der Waals surface area contributed by atoms with Gasteiger partial charge in [0.25, 0.3) is 0 Å². The van der Waals surface area contributed by atoms with E-state index in [0.717, 1.165) is 0 Å². The highest BCUT2D eigenvalue weighted by Gasteiger charge is 2.13. The highest BCUT2D eigenvalue weighted by atomic mass is 32.2.